The molecule has 0 fully saturated rings. The summed E-state index contributed by atoms with van der Waals surface area (Å²) in [7, 11) is 0. The quantitative estimate of drug-likeness (QED) is 0.865. The molecule has 4 nitrogen and oxygen atoms in total. The molecule has 0 aliphatic carbocycles. The largest absolute Gasteiger partial charge is 0.330 e. The highest BCUT2D eigenvalue weighted by Gasteiger charge is 2.10. The van der Waals surface area contributed by atoms with Crippen LogP contribution in [0.2, 0.25) is 0 Å². The molecule has 0 radical (unpaired) electrons. The molecular formula is C15H21N3O. The number of carbonyl (C=O) groups is 1. The molecule has 102 valence electrons. The van der Waals surface area contributed by atoms with Gasteiger partial charge in [-0.15, -0.1) is 0 Å². The standard InChI is InChI=1S/C15H21N3O/c1-11-5-6-14-13(10-11)17-15(4-3-8-16)18(14)9-7-12(2)19/h5-6,10H,3-4,7-9,16H2,1-2H3. The maximum absolute atomic E-state index is 11.2. The predicted octanol–water partition coefficient (Wildman–Crippen LogP) is 2.22. The monoisotopic (exact) mass is 259 g/mol. The third-order valence-corrected chi connectivity index (χ3v) is 3.27. The van der Waals surface area contributed by atoms with Gasteiger partial charge in [0.1, 0.15) is 11.6 Å². The fraction of sp³-hybridized carbons (Fsp3) is 0.467. The van der Waals surface area contributed by atoms with Crippen LogP contribution < -0.4 is 5.73 Å². The molecule has 0 amide bonds. The number of rotatable bonds is 6. The number of aromatic nitrogens is 2. The lowest BCUT2D eigenvalue weighted by atomic mass is 10.2. The van der Waals surface area contributed by atoms with Gasteiger partial charge in [-0.05, 0) is 44.5 Å². The Morgan fingerprint density at radius 2 is 2.21 bits per heavy atom. The van der Waals surface area contributed by atoms with E-state index in [9.17, 15) is 4.79 Å². The minimum absolute atomic E-state index is 0.207. The number of nitrogens with two attached hydrogens (primary N) is 1. The highest BCUT2D eigenvalue weighted by atomic mass is 16.1. The summed E-state index contributed by atoms with van der Waals surface area (Å²) >= 11 is 0. The highest BCUT2D eigenvalue weighted by molar-refractivity contribution is 5.78. The van der Waals surface area contributed by atoms with Crippen molar-refractivity contribution in [2.75, 3.05) is 6.54 Å². The molecule has 19 heavy (non-hydrogen) atoms. The molecule has 1 heterocycles. The van der Waals surface area contributed by atoms with Gasteiger partial charge in [-0.3, -0.25) is 4.79 Å². The second kappa shape index (κ2) is 5.97. The Bertz CT molecular complexity index is 586. The van der Waals surface area contributed by atoms with Crippen LogP contribution in [0.5, 0.6) is 0 Å². The van der Waals surface area contributed by atoms with Crippen molar-refractivity contribution in [3.63, 3.8) is 0 Å². The van der Waals surface area contributed by atoms with E-state index in [2.05, 4.69) is 34.7 Å². The van der Waals surface area contributed by atoms with Gasteiger partial charge in [0.05, 0.1) is 11.0 Å². The molecule has 2 rings (SSSR count). The first-order valence-corrected chi connectivity index (χ1v) is 6.77. The topological polar surface area (TPSA) is 60.9 Å². The minimum atomic E-state index is 0.207. The van der Waals surface area contributed by atoms with Crippen LogP contribution in [-0.2, 0) is 17.8 Å². The van der Waals surface area contributed by atoms with E-state index in [0.717, 1.165) is 29.7 Å². The van der Waals surface area contributed by atoms with E-state index in [1.807, 2.05) is 0 Å². The van der Waals surface area contributed by atoms with E-state index in [4.69, 9.17) is 5.73 Å². The van der Waals surface area contributed by atoms with Crippen molar-refractivity contribution in [1.82, 2.24) is 9.55 Å². The summed E-state index contributed by atoms with van der Waals surface area (Å²) in [6.45, 7) is 5.06. The molecule has 0 bridgehead atoms. The lowest BCUT2D eigenvalue weighted by Crippen LogP contribution is -2.09. The molecule has 0 aliphatic heterocycles. The first-order valence-electron chi connectivity index (χ1n) is 6.77. The van der Waals surface area contributed by atoms with Crippen LogP contribution in [0.25, 0.3) is 11.0 Å². The summed E-state index contributed by atoms with van der Waals surface area (Å²) in [5, 5.41) is 0. The van der Waals surface area contributed by atoms with E-state index in [-0.39, 0.29) is 5.78 Å². The zero-order valence-corrected chi connectivity index (χ0v) is 11.6. The maximum atomic E-state index is 11.2. The van der Waals surface area contributed by atoms with Crippen LogP contribution >= 0.6 is 0 Å². The molecule has 2 N–H and O–H groups in total. The van der Waals surface area contributed by atoms with Crippen LogP contribution in [0.3, 0.4) is 0 Å². The third-order valence-electron chi connectivity index (χ3n) is 3.27. The maximum Gasteiger partial charge on any atom is 0.131 e. The molecule has 4 heteroatoms. The number of imidazole rings is 1. The second-order valence-corrected chi connectivity index (χ2v) is 5.02. The van der Waals surface area contributed by atoms with Crippen molar-refractivity contribution >= 4 is 16.8 Å². The summed E-state index contributed by atoms with van der Waals surface area (Å²) in [5.41, 5.74) is 8.90. The Morgan fingerprint density at radius 1 is 1.42 bits per heavy atom. The second-order valence-electron chi connectivity index (χ2n) is 5.02. The van der Waals surface area contributed by atoms with Gasteiger partial charge >= 0.3 is 0 Å². The number of fused-ring (bicyclic) bond motifs is 1. The van der Waals surface area contributed by atoms with Crippen molar-refractivity contribution in [1.29, 1.82) is 0 Å². The highest BCUT2D eigenvalue weighted by Crippen LogP contribution is 2.19. The Labute approximate surface area is 113 Å². The number of carbonyl (C=O) groups excluding carboxylic acids is 1. The fourth-order valence-electron chi connectivity index (χ4n) is 2.26. The zero-order valence-electron chi connectivity index (χ0n) is 11.6. The zero-order chi connectivity index (χ0) is 13.8. The number of Topliss-reactive ketones (excluding diaryl/α,β-unsaturated/α-hetero) is 1. The van der Waals surface area contributed by atoms with Crippen molar-refractivity contribution in [3.05, 3.63) is 29.6 Å². The van der Waals surface area contributed by atoms with Crippen LogP contribution in [0.15, 0.2) is 18.2 Å². The van der Waals surface area contributed by atoms with Gasteiger partial charge in [0.25, 0.3) is 0 Å². The van der Waals surface area contributed by atoms with Gasteiger partial charge in [-0.2, -0.15) is 0 Å². The van der Waals surface area contributed by atoms with Crippen LogP contribution in [0.4, 0.5) is 0 Å². The van der Waals surface area contributed by atoms with Crippen LogP contribution in [0, 0.1) is 6.92 Å². The smallest absolute Gasteiger partial charge is 0.131 e. The third kappa shape index (κ3) is 3.20. The number of nitrogens with zero attached hydrogens (tertiary/aromatic N) is 2. The molecule has 1 aromatic heterocycles. The number of aryl methyl sites for hydroxylation is 3. The predicted molar refractivity (Wildman–Crippen MR) is 77.1 cm³/mol. The van der Waals surface area contributed by atoms with Crippen molar-refractivity contribution in [2.24, 2.45) is 5.73 Å². The van der Waals surface area contributed by atoms with Gasteiger partial charge in [0.2, 0.25) is 0 Å². The van der Waals surface area contributed by atoms with Crippen LogP contribution in [0.1, 0.15) is 31.2 Å². The first kappa shape index (κ1) is 13.7. The van der Waals surface area contributed by atoms with E-state index >= 15 is 0 Å². The molecule has 0 aliphatic rings. The van der Waals surface area contributed by atoms with Gasteiger partial charge in [-0.1, -0.05) is 6.07 Å². The molecule has 0 saturated carbocycles. The Kier molecular flexibility index (Phi) is 4.32. The molecule has 0 atom stereocenters. The lowest BCUT2D eigenvalue weighted by Gasteiger charge is -2.07. The molecule has 2 aromatic rings. The molecule has 1 aromatic carbocycles. The average molecular weight is 259 g/mol. The number of ketones is 1. The van der Waals surface area contributed by atoms with E-state index in [1.165, 1.54) is 5.56 Å². The molecular weight excluding hydrogens is 238 g/mol. The van der Waals surface area contributed by atoms with E-state index in [1.54, 1.807) is 6.92 Å². The number of hydrogen-bond donors (Lipinski definition) is 1. The van der Waals surface area contributed by atoms with Gasteiger partial charge < -0.3 is 10.3 Å². The minimum Gasteiger partial charge on any atom is -0.330 e. The van der Waals surface area contributed by atoms with E-state index in [0.29, 0.717) is 19.5 Å². The summed E-state index contributed by atoms with van der Waals surface area (Å²) in [4.78, 5) is 15.9. The number of benzene rings is 1. The van der Waals surface area contributed by atoms with Crippen molar-refractivity contribution in [2.45, 2.75) is 39.7 Å². The molecule has 0 saturated heterocycles. The Hall–Kier alpha value is -1.68. The van der Waals surface area contributed by atoms with Gasteiger partial charge in [0, 0.05) is 19.4 Å². The van der Waals surface area contributed by atoms with Crippen molar-refractivity contribution < 1.29 is 4.79 Å². The Balaban J connectivity index is 2.39. The summed E-state index contributed by atoms with van der Waals surface area (Å²) in [5.74, 6) is 1.24. The first-order chi connectivity index (χ1) is 9.11. The van der Waals surface area contributed by atoms with Gasteiger partial charge in [0.15, 0.2) is 0 Å². The summed E-state index contributed by atoms with van der Waals surface area (Å²) in [6.07, 6.45) is 2.33. The summed E-state index contributed by atoms with van der Waals surface area (Å²) < 4.78 is 2.16. The van der Waals surface area contributed by atoms with Gasteiger partial charge in [-0.25, -0.2) is 4.98 Å². The molecule has 0 spiro atoms. The molecule has 0 unspecified atom stereocenters. The van der Waals surface area contributed by atoms with Crippen molar-refractivity contribution in [3.8, 4) is 0 Å². The SMILES string of the molecule is CC(=O)CCn1c(CCCN)nc2cc(C)ccc21. The average Bonchev–Trinajstić information content (AvgIpc) is 2.70. The van der Waals surface area contributed by atoms with E-state index < -0.39 is 0 Å². The van der Waals surface area contributed by atoms with Crippen LogP contribution in [-0.4, -0.2) is 21.9 Å². The summed E-state index contributed by atoms with van der Waals surface area (Å²) in [6, 6.07) is 6.26. The number of hydrogen-bond acceptors (Lipinski definition) is 3. The fourth-order valence-corrected chi connectivity index (χ4v) is 2.26. The Morgan fingerprint density at radius 3 is 2.89 bits per heavy atom. The normalized spacial score (nSPS) is 11.1. The lowest BCUT2D eigenvalue weighted by molar-refractivity contribution is -0.117.